The molecule has 7 nitrogen and oxygen atoms in total. The van der Waals surface area contributed by atoms with Crippen LogP contribution in [0.15, 0.2) is 48.6 Å². The fraction of sp³-hybridized carbons (Fsp3) is 0.744. The Hall–Kier alpha value is -2.22. The van der Waals surface area contributed by atoms with Crippen LogP contribution in [0.25, 0.3) is 0 Å². The van der Waals surface area contributed by atoms with Gasteiger partial charge in [0.25, 0.3) is 0 Å². The molecule has 0 rings (SSSR count). The van der Waals surface area contributed by atoms with Gasteiger partial charge in [-0.2, -0.15) is 0 Å². The summed E-state index contributed by atoms with van der Waals surface area (Å²) in [7, 11) is 0. The average molecular weight is 649 g/mol. The van der Waals surface area contributed by atoms with Crippen LogP contribution in [0.1, 0.15) is 162 Å². The maximum Gasteiger partial charge on any atom is 0.306 e. The Labute approximate surface area is 281 Å². The first kappa shape index (κ1) is 43.8. The van der Waals surface area contributed by atoms with Gasteiger partial charge in [-0.3, -0.25) is 14.8 Å². The van der Waals surface area contributed by atoms with Gasteiger partial charge in [0.1, 0.15) is 12.7 Å². The SMILES string of the molecule is CCCCCCCCCCCCCCCC(=O)OCC(CO)OC(=O)CCCCCC/C=C/C/C=C/C/C=C/C=C/C(CC)OO. The lowest BCUT2D eigenvalue weighted by atomic mass is 10.0. The summed E-state index contributed by atoms with van der Waals surface area (Å²) in [6, 6.07) is 0. The Balaban J connectivity index is 3.67. The Kier molecular flexibility index (Phi) is 33.9. The van der Waals surface area contributed by atoms with Crippen molar-refractivity contribution in [3.63, 3.8) is 0 Å². The van der Waals surface area contributed by atoms with E-state index < -0.39 is 6.10 Å². The predicted octanol–water partition coefficient (Wildman–Crippen LogP) is 10.5. The number of esters is 2. The lowest BCUT2D eigenvalue weighted by Crippen LogP contribution is -2.28. The van der Waals surface area contributed by atoms with Crippen LogP contribution < -0.4 is 0 Å². The van der Waals surface area contributed by atoms with Crippen LogP contribution in [0, 0.1) is 0 Å². The summed E-state index contributed by atoms with van der Waals surface area (Å²) in [4.78, 5) is 28.5. The monoisotopic (exact) mass is 648 g/mol. The van der Waals surface area contributed by atoms with Crippen LogP contribution in [0.4, 0.5) is 0 Å². The highest BCUT2D eigenvalue weighted by Crippen LogP contribution is 2.13. The summed E-state index contributed by atoms with van der Waals surface area (Å²) in [6.45, 7) is 3.76. The second-order valence-electron chi connectivity index (χ2n) is 12.2. The molecule has 0 heterocycles. The maximum absolute atomic E-state index is 12.1. The van der Waals surface area contributed by atoms with Gasteiger partial charge in [-0.05, 0) is 44.9 Å². The molecule has 0 aromatic rings. The number of carbonyl (C=O) groups is 2. The molecule has 7 heteroatoms. The molecule has 2 atom stereocenters. The van der Waals surface area contributed by atoms with Crippen LogP contribution in [-0.2, 0) is 24.0 Å². The van der Waals surface area contributed by atoms with Crippen molar-refractivity contribution in [3.8, 4) is 0 Å². The van der Waals surface area contributed by atoms with Gasteiger partial charge in [0.05, 0.1) is 6.61 Å². The molecule has 2 N–H and O–H groups in total. The lowest BCUT2D eigenvalue weighted by molar-refractivity contribution is -0.266. The van der Waals surface area contributed by atoms with E-state index in [-0.39, 0.29) is 31.3 Å². The van der Waals surface area contributed by atoms with E-state index in [9.17, 15) is 14.7 Å². The quantitative estimate of drug-likeness (QED) is 0.0182. The van der Waals surface area contributed by atoms with Crippen molar-refractivity contribution in [2.75, 3.05) is 13.2 Å². The molecule has 266 valence electrons. The van der Waals surface area contributed by atoms with Crippen molar-refractivity contribution in [2.24, 2.45) is 0 Å². The fourth-order valence-corrected chi connectivity index (χ4v) is 4.95. The minimum Gasteiger partial charge on any atom is -0.462 e. The number of rotatable bonds is 33. The van der Waals surface area contributed by atoms with E-state index in [1.807, 2.05) is 25.2 Å². The molecule has 0 aromatic heterocycles. The lowest BCUT2D eigenvalue weighted by Gasteiger charge is -2.15. The van der Waals surface area contributed by atoms with Crippen LogP contribution in [0.3, 0.4) is 0 Å². The first-order valence-corrected chi connectivity index (χ1v) is 18.5. The van der Waals surface area contributed by atoms with Gasteiger partial charge in [0, 0.05) is 12.8 Å². The smallest absolute Gasteiger partial charge is 0.306 e. The van der Waals surface area contributed by atoms with E-state index in [1.54, 1.807) is 0 Å². The third-order valence-corrected chi connectivity index (χ3v) is 7.91. The van der Waals surface area contributed by atoms with E-state index in [0.29, 0.717) is 12.8 Å². The van der Waals surface area contributed by atoms with Gasteiger partial charge in [-0.25, -0.2) is 4.89 Å². The predicted molar refractivity (Wildman–Crippen MR) is 190 cm³/mol. The molecule has 0 radical (unpaired) electrons. The first-order valence-electron chi connectivity index (χ1n) is 18.5. The molecule has 0 bridgehead atoms. The molecule has 0 fully saturated rings. The number of hydrogen-bond acceptors (Lipinski definition) is 7. The minimum atomic E-state index is -0.796. The largest absolute Gasteiger partial charge is 0.462 e. The molecule has 0 aliphatic rings. The third kappa shape index (κ3) is 31.7. The van der Waals surface area contributed by atoms with Crippen LogP contribution in [0.2, 0.25) is 0 Å². The first-order chi connectivity index (χ1) is 22.6. The Morgan fingerprint density at radius 3 is 1.72 bits per heavy atom. The highest BCUT2D eigenvalue weighted by Gasteiger charge is 2.16. The summed E-state index contributed by atoms with van der Waals surface area (Å²) in [6.07, 6.45) is 39.7. The van der Waals surface area contributed by atoms with Gasteiger partial charge in [0.2, 0.25) is 0 Å². The van der Waals surface area contributed by atoms with Crippen LogP contribution in [0.5, 0.6) is 0 Å². The van der Waals surface area contributed by atoms with Gasteiger partial charge >= 0.3 is 11.9 Å². The standard InChI is InChI=1S/C39H68O7/c1-3-5-6-7-8-9-10-13-17-20-23-26-29-32-38(41)44-35-37(34-40)45-39(42)33-30-27-24-21-18-15-12-11-14-16-19-22-25-28-31-36(4-2)46-43/h12,14-16,22,25,28,31,36-37,40,43H,3-11,13,17-21,23-24,26-27,29-30,32-35H2,1-2H3/b15-12+,16-14+,25-22+,31-28+. The van der Waals surface area contributed by atoms with Crippen LogP contribution in [-0.4, -0.2) is 47.7 Å². The van der Waals surface area contributed by atoms with Crippen molar-refractivity contribution >= 4 is 11.9 Å². The third-order valence-electron chi connectivity index (χ3n) is 7.91. The summed E-state index contributed by atoms with van der Waals surface area (Å²) in [5, 5.41) is 18.2. The van der Waals surface area contributed by atoms with Crippen LogP contribution >= 0.6 is 0 Å². The van der Waals surface area contributed by atoms with E-state index in [0.717, 1.165) is 70.6 Å². The molecule has 0 aliphatic heterocycles. The summed E-state index contributed by atoms with van der Waals surface area (Å²) < 4.78 is 10.6. The van der Waals surface area contributed by atoms with Gasteiger partial charge in [0.15, 0.2) is 6.10 Å². The van der Waals surface area contributed by atoms with Crippen molar-refractivity contribution in [1.82, 2.24) is 0 Å². The zero-order valence-electron chi connectivity index (χ0n) is 29.4. The second kappa shape index (κ2) is 35.6. The molecule has 46 heavy (non-hydrogen) atoms. The normalized spacial score (nSPS) is 13.4. The van der Waals surface area contributed by atoms with Gasteiger partial charge in [-0.1, -0.05) is 152 Å². The Bertz CT molecular complexity index is 798. The molecule has 0 aliphatic carbocycles. The average Bonchev–Trinajstić information content (AvgIpc) is 3.06. The van der Waals surface area contributed by atoms with Crippen molar-refractivity contribution in [2.45, 2.75) is 174 Å². The van der Waals surface area contributed by atoms with Crippen molar-refractivity contribution < 1.29 is 34.3 Å². The van der Waals surface area contributed by atoms with E-state index >= 15 is 0 Å². The fourth-order valence-electron chi connectivity index (χ4n) is 4.95. The molecular weight excluding hydrogens is 580 g/mol. The summed E-state index contributed by atoms with van der Waals surface area (Å²) in [5.74, 6) is -0.645. The van der Waals surface area contributed by atoms with E-state index in [4.69, 9.17) is 14.7 Å². The molecule has 0 amide bonds. The number of aliphatic hydroxyl groups is 1. The summed E-state index contributed by atoms with van der Waals surface area (Å²) >= 11 is 0. The zero-order valence-corrected chi connectivity index (χ0v) is 29.4. The number of hydrogen-bond donors (Lipinski definition) is 2. The summed E-state index contributed by atoms with van der Waals surface area (Å²) in [5.41, 5.74) is 0. The topological polar surface area (TPSA) is 102 Å². The Morgan fingerprint density at radius 1 is 0.630 bits per heavy atom. The highest BCUT2D eigenvalue weighted by atomic mass is 17.1. The second-order valence-corrected chi connectivity index (χ2v) is 12.2. The molecule has 0 saturated heterocycles. The highest BCUT2D eigenvalue weighted by molar-refractivity contribution is 5.70. The molecular formula is C39H68O7. The number of unbranched alkanes of at least 4 members (excludes halogenated alkanes) is 16. The number of allylic oxidation sites excluding steroid dienone is 7. The zero-order chi connectivity index (χ0) is 33.8. The Morgan fingerprint density at radius 2 is 1.15 bits per heavy atom. The van der Waals surface area contributed by atoms with Crippen molar-refractivity contribution in [1.29, 1.82) is 0 Å². The molecule has 0 spiro atoms. The number of ether oxygens (including phenoxy) is 2. The molecule has 2 unspecified atom stereocenters. The maximum atomic E-state index is 12.1. The van der Waals surface area contributed by atoms with Gasteiger partial charge < -0.3 is 14.6 Å². The number of aliphatic hydroxyl groups excluding tert-OH is 1. The molecule has 0 saturated carbocycles. The van der Waals surface area contributed by atoms with Crippen molar-refractivity contribution in [3.05, 3.63) is 48.6 Å². The number of carbonyl (C=O) groups excluding carboxylic acids is 2. The minimum absolute atomic E-state index is 0.0875. The van der Waals surface area contributed by atoms with Gasteiger partial charge in [-0.15, -0.1) is 0 Å². The van der Waals surface area contributed by atoms with E-state index in [2.05, 4.69) is 42.2 Å². The van der Waals surface area contributed by atoms with E-state index in [1.165, 1.54) is 64.2 Å². The molecule has 0 aromatic carbocycles.